The van der Waals surface area contributed by atoms with Gasteiger partial charge in [0.05, 0.1) is 13.0 Å². The van der Waals surface area contributed by atoms with Crippen LogP contribution in [-0.4, -0.2) is 36.4 Å². The van der Waals surface area contributed by atoms with Crippen LogP contribution >= 0.6 is 0 Å². The summed E-state index contributed by atoms with van der Waals surface area (Å²) in [6.45, 7) is 2.21. The van der Waals surface area contributed by atoms with E-state index < -0.39 is 5.97 Å². The normalized spacial score (nSPS) is 10.1. The number of aliphatic carboxylic acids is 1. The molecule has 7 nitrogen and oxygen atoms in total. The first-order valence-corrected chi connectivity index (χ1v) is 10.6. The summed E-state index contributed by atoms with van der Waals surface area (Å²) in [5.41, 5.74) is 9.89. The fourth-order valence-electron chi connectivity index (χ4n) is 3.40. The number of nitrogens with one attached hydrogen (secondary N) is 2. The molecule has 34 heavy (non-hydrogen) atoms. The molecule has 3 aromatic rings. The van der Waals surface area contributed by atoms with E-state index in [0.717, 1.165) is 16.9 Å². The Hall–Kier alpha value is -4.57. The first-order valence-electron chi connectivity index (χ1n) is 10.6. The van der Waals surface area contributed by atoms with Crippen LogP contribution in [0.5, 0.6) is 0 Å². The molecule has 0 heterocycles. The summed E-state index contributed by atoms with van der Waals surface area (Å²) >= 11 is 0. The van der Waals surface area contributed by atoms with Crippen LogP contribution in [0.2, 0.25) is 0 Å². The molecule has 0 saturated carbocycles. The Balaban J connectivity index is 1.81. The maximum absolute atomic E-state index is 13.2. The van der Waals surface area contributed by atoms with Gasteiger partial charge in [-0.1, -0.05) is 30.0 Å². The lowest BCUT2D eigenvalue weighted by molar-refractivity contribution is -0.136. The zero-order chi connectivity index (χ0) is 24.7. The van der Waals surface area contributed by atoms with Crippen molar-refractivity contribution in [1.29, 1.82) is 5.41 Å². The third kappa shape index (κ3) is 6.02. The molecule has 0 aliphatic heterocycles. The van der Waals surface area contributed by atoms with Crippen LogP contribution in [0.3, 0.4) is 0 Å². The molecular weight excluding hydrogens is 428 g/mol. The SMILES string of the molecule is Cc1cc(C(=O)N(C)c2ccccc2)c(CC(=O)O)cc1C#CCNc1ccc(C(=N)N)cc1. The van der Waals surface area contributed by atoms with Crippen molar-refractivity contribution in [1.82, 2.24) is 0 Å². The Bertz CT molecular complexity index is 1270. The molecule has 1 amide bonds. The molecule has 0 aliphatic carbocycles. The van der Waals surface area contributed by atoms with Gasteiger partial charge in [0.1, 0.15) is 5.84 Å². The highest BCUT2D eigenvalue weighted by Crippen LogP contribution is 2.22. The summed E-state index contributed by atoms with van der Waals surface area (Å²) in [5, 5.41) is 20.0. The van der Waals surface area contributed by atoms with E-state index in [-0.39, 0.29) is 18.2 Å². The van der Waals surface area contributed by atoms with Gasteiger partial charge in [-0.2, -0.15) is 0 Å². The second-order valence-electron chi connectivity index (χ2n) is 7.74. The van der Waals surface area contributed by atoms with Gasteiger partial charge in [-0.05, 0) is 66.6 Å². The molecular formula is C27H26N4O3. The molecule has 3 aromatic carbocycles. The van der Waals surface area contributed by atoms with Crippen molar-refractivity contribution in [2.24, 2.45) is 5.73 Å². The standard InChI is InChI=1S/C27H26N4O3/c1-18-15-24(27(34)31(2)23-8-4-3-5-9-23)21(17-25(32)33)16-20(18)7-6-14-30-22-12-10-19(11-13-22)26(28)29/h3-5,8-13,15-16,30H,14,17H2,1-2H3,(H3,28,29)(H,32,33). The maximum Gasteiger partial charge on any atom is 0.307 e. The molecule has 0 saturated heterocycles. The number of carbonyl (C=O) groups excluding carboxylic acids is 1. The van der Waals surface area contributed by atoms with Crippen molar-refractivity contribution in [3.8, 4) is 11.8 Å². The smallest absolute Gasteiger partial charge is 0.307 e. The third-order valence-corrected chi connectivity index (χ3v) is 5.27. The molecule has 0 aliphatic rings. The Morgan fingerprint density at radius 3 is 2.38 bits per heavy atom. The number of carboxylic acid groups (broad SMARTS) is 1. The quantitative estimate of drug-likeness (QED) is 0.247. The number of nitrogens with two attached hydrogens (primary N) is 1. The second kappa shape index (κ2) is 10.8. The Morgan fingerprint density at radius 1 is 1.09 bits per heavy atom. The minimum Gasteiger partial charge on any atom is -0.481 e. The fourth-order valence-corrected chi connectivity index (χ4v) is 3.40. The summed E-state index contributed by atoms with van der Waals surface area (Å²) in [6, 6.07) is 19.7. The molecule has 172 valence electrons. The average Bonchev–Trinajstić information content (AvgIpc) is 2.83. The minimum atomic E-state index is -1.02. The lowest BCUT2D eigenvalue weighted by Gasteiger charge is -2.20. The fraction of sp³-hybridized carbons (Fsp3) is 0.148. The van der Waals surface area contributed by atoms with Gasteiger partial charge in [-0.25, -0.2) is 0 Å². The van der Waals surface area contributed by atoms with E-state index in [1.54, 1.807) is 31.3 Å². The number of carbonyl (C=O) groups is 2. The summed E-state index contributed by atoms with van der Waals surface area (Å²) < 4.78 is 0. The first kappa shape index (κ1) is 24.1. The van der Waals surface area contributed by atoms with Crippen molar-refractivity contribution in [2.75, 3.05) is 23.8 Å². The van der Waals surface area contributed by atoms with Crippen LogP contribution in [0.15, 0.2) is 66.7 Å². The second-order valence-corrected chi connectivity index (χ2v) is 7.74. The van der Waals surface area contributed by atoms with Crippen molar-refractivity contribution in [3.05, 3.63) is 94.5 Å². The van der Waals surface area contributed by atoms with Crippen LogP contribution in [0.1, 0.15) is 32.6 Å². The van der Waals surface area contributed by atoms with Crippen molar-refractivity contribution < 1.29 is 14.7 Å². The molecule has 5 N–H and O–H groups in total. The predicted molar refractivity (Wildman–Crippen MR) is 135 cm³/mol. The summed E-state index contributed by atoms with van der Waals surface area (Å²) in [7, 11) is 1.67. The molecule has 0 aromatic heterocycles. The monoisotopic (exact) mass is 454 g/mol. The van der Waals surface area contributed by atoms with Crippen LogP contribution < -0.4 is 16.0 Å². The van der Waals surface area contributed by atoms with Gasteiger partial charge in [-0.15, -0.1) is 0 Å². The average molecular weight is 455 g/mol. The Morgan fingerprint density at radius 2 is 1.76 bits per heavy atom. The molecule has 0 radical (unpaired) electrons. The number of hydrogen-bond acceptors (Lipinski definition) is 4. The lowest BCUT2D eigenvalue weighted by atomic mass is 9.96. The third-order valence-electron chi connectivity index (χ3n) is 5.27. The van der Waals surface area contributed by atoms with Gasteiger partial charge in [0.2, 0.25) is 0 Å². The zero-order valence-corrected chi connectivity index (χ0v) is 19.1. The number of amides is 1. The number of aryl methyl sites for hydroxylation is 1. The van der Waals surface area contributed by atoms with Crippen molar-refractivity contribution in [3.63, 3.8) is 0 Å². The highest BCUT2D eigenvalue weighted by atomic mass is 16.4. The molecule has 3 rings (SSSR count). The lowest BCUT2D eigenvalue weighted by Crippen LogP contribution is -2.27. The number of benzene rings is 3. The molecule has 0 unspecified atom stereocenters. The largest absolute Gasteiger partial charge is 0.481 e. The zero-order valence-electron chi connectivity index (χ0n) is 19.1. The number of rotatable bonds is 7. The molecule has 0 spiro atoms. The summed E-state index contributed by atoms with van der Waals surface area (Å²) in [4.78, 5) is 26.1. The van der Waals surface area contributed by atoms with Crippen molar-refractivity contribution >= 4 is 29.1 Å². The molecule has 0 fully saturated rings. The van der Waals surface area contributed by atoms with Gasteiger partial charge in [0.15, 0.2) is 0 Å². The number of para-hydroxylation sites is 1. The van der Waals surface area contributed by atoms with Crippen LogP contribution in [0.25, 0.3) is 0 Å². The van der Waals surface area contributed by atoms with Gasteiger partial charge >= 0.3 is 5.97 Å². The van der Waals surface area contributed by atoms with Gasteiger partial charge in [-0.3, -0.25) is 15.0 Å². The summed E-state index contributed by atoms with van der Waals surface area (Å²) in [6.07, 6.45) is -0.278. The highest BCUT2D eigenvalue weighted by Gasteiger charge is 2.20. The number of amidine groups is 1. The molecule has 0 atom stereocenters. The number of nitrogens with zero attached hydrogens (tertiary/aromatic N) is 1. The van der Waals surface area contributed by atoms with E-state index >= 15 is 0 Å². The topological polar surface area (TPSA) is 120 Å². The van der Waals surface area contributed by atoms with E-state index in [0.29, 0.717) is 28.8 Å². The van der Waals surface area contributed by atoms with Crippen LogP contribution in [0.4, 0.5) is 11.4 Å². The molecule has 0 bridgehead atoms. The van der Waals surface area contributed by atoms with Gasteiger partial charge in [0, 0.05) is 35.1 Å². The highest BCUT2D eigenvalue weighted by molar-refractivity contribution is 6.07. The maximum atomic E-state index is 13.2. The molecule has 7 heteroatoms. The number of anilines is 2. The number of hydrogen-bond donors (Lipinski definition) is 4. The predicted octanol–water partition coefficient (Wildman–Crippen LogP) is 3.65. The van der Waals surface area contributed by atoms with E-state index in [9.17, 15) is 14.7 Å². The van der Waals surface area contributed by atoms with Gasteiger partial charge in [0.25, 0.3) is 5.91 Å². The van der Waals surface area contributed by atoms with Crippen LogP contribution in [0, 0.1) is 24.2 Å². The number of carboxylic acids is 1. The minimum absolute atomic E-state index is 0.0101. The van der Waals surface area contributed by atoms with E-state index in [4.69, 9.17) is 11.1 Å². The summed E-state index contributed by atoms with van der Waals surface area (Å²) in [5.74, 6) is 4.82. The first-order chi connectivity index (χ1) is 16.3. The van der Waals surface area contributed by atoms with Gasteiger partial charge < -0.3 is 21.1 Å². The van der Waals surface area contributed by atoms with E-state index in [1.807, 2.05) is 49.4 Å². The van der Waals surface area contributed by atoms with Crippen LogP contribution in [-0.2, 0) is 11.2 Å². The van der Waals surface area contributed by atoms with Crippen molar-refractivity contribution in [2.45, 2.75) is 13.3 Å². The van der Waals surface area contributed by atoms with E-state index in [2.05, 4.69) is 17.2 Å². The Kier molecular flexibility index (Phi) is 7.67. The van der Waals surface area contributed by atoms with E-state index in [1.165, 1.54) is 4.90 Å². The Labute approximate surface area is 198 Å². The number of nitrogen functional groups attached to an aromatic ring is 1.